The highest BCUT2D eigenvalue weighted by atomic mass is 15.2. The lowest BCUT2D eigenvalue weighted by molar-refractivity contribution is 0.399. The average molecular weight is 128 g/mol. The smallest absolute Gasteiger partial charge is 0.0229 e. The van der Waals surface area contributed by atoms with Gasteiger partial charge in [0.05, 0.1) is 0 Å². The van der Waals surface area contributed by atoms with Crippen LogP contribution in [0.15, 0.2) is 0 Å². The fraction of sp³-hybridized carbons (Fsp3) is 1.00. The number of likely N-dealkylation sites (tertiary alicyclic amines) is 1. The first-order valence-electron chi connectivity index (χ1n) is 3.60. The van der Waals surface area contributed by atoms with Crippen LogP contribution in [0.3, 0.4) is 0 Å². The summed E-state index contributed by atoms with van der Waals surface area (Å²) < 4.78 is 0. The van der Waals surface area contributed by atoms with Crippen LogP contribution in [0.4, 0.5) is 0 Å². The van der Waals surface area contributed by atoms with Crippen molar-refractivity contribution in [3.63, 3.8) is 0 Å². The molecule has 2 nitrogen and oxygen atoms in total. The summed E-state index contributed by atoms with van der Waals surface area (Å²) in [6, 6.07) is 0.718. The van der Waals surface area contributed by atoms with Gasteiger partial charge in [0, 0.05) is 19.1 Å². The van der Waals surface area contributed by atoms with Gasteiger partial charge < -0.3 is 10.2 Å². The van der Waals surface area contributed by atoms with E-state index in [1.807, 2.05) is 7.05 Å². The van der Waals surface area contributed by atoms with Crippen LogP contribution in [-0.2, 0) is 0 Å². The van der Waals surface area contributed by atoms with Gasteiger partial charge in [0.1, 0.15) is 0 Å². The molecule has 2 heteroatoms. The van der Waals surface area contributed by atoms with Crippen LogP contribution in [0.25, 0.3) is 0 Å². The Morgan fingerprint density at radius 3 is 2.33 bits per heavy atom. The second-order valence-electron chi connectivity index (χ2n) is 3.09. The number of likely N-dealkylation sites (N-methyl/N-ethyl adjacent to an activating group) is 2. The lowest BCUT2D eigenvalue weighted by atomic mass is 10.1. The first kappa shape index (κ1) is 7.03. The molecule has 1 rings (SSSR count). The summed E-state index contributed by atoms with van der Waals surface area (Å²) in [6.45, 7) is 4.74. The first-order valence-corrected chi connectivity index (χ1v) is 3.60. The Kier molecular flexibility index (Phi) is 2.09. The third kappa shape index (κ3) is 1.43. The van der Waals surface area contributed by atoms with E-state index < -0.39 is 0 Å². The van der Waals surface area contributed by atoms with E-state index in [0.29, 0.717) is 0 Å². The molecule has 0 saturated carbocycles. The van der Waals surface area contributed by atoms with Gasteiger partial charge in [0.15, 0.2) is 0 Å². The summed E-state index contributed by atoms with van der Waals surface area (Å²) in [5, 5.41) is 3.30. The molecule has 0 unspecified atom stereocenters. The Bertz CT molecular complexity index is 92.9. The Hall–Kier alpha value is -0.0800. The molecule has 0 aromatic heterocycles. The monoisotopic (exact) mass is 128 g/mol. The number of rotatable bonds is 1. The van der Waals surface area contributed by atoms with Gasteiger partial charge in [-0.3, -0.25) is 0 Å². The summed E-state index contributed by atoms with van der Waals surface area (Å²) in [7, 11) is 4.22. The quantitative estimate of drug-likeness (QED) is 0.541. The minimum absolute atomic E-state index is 0.718. The zero-order valence-electron chi connectivity index (χ0n) is 6.52. The summed E-state index contributed by atoms with van der Waals surface area (Å²) in [6.07, 6.45) is 0. The Balaban J connectivity index is 2.38. The van der Waals surface area contributed by atoms with Crippen molar-refractivity contribution in [2.75, 3.05) is 27.2 Å². The van der Waals surface area contributed by atoms with E-state index >= 15 is 0 Å². The van der Waals surface area contributed by atoms with E-state index in [1.54, 1.807) is 0 Å². The van der Waals surface area contributed by atoms with E-state index in [-0.39, 0.29) is 0 Å². The zero-order chi connectivity index (χ0) is 6.85. The van der Waals surface area contributed by atoms with Crippen LogP contribution in [0.5, 0.6) is 0 Å². The molecule has 1 aliphatic rings. The summed E-state index contributed by atoms with van der Waals surface area (Å²) >= 11 is 0. The Morgan fingerprint density at radius 1 is 1.44 bits per heavy atom. The van der Waals surface area contributed by atoms with E-state index in [1.165, 1.54) is 13.1 Å². The van der Waals surface area contributed by atoms with E-state index in [2.05, 4.69) is 24.2 Å². The second kappa shape index (κ2) is 2.67. The third-order valence-electron chi connectivity index (χ3n) is 2.17. The van der Waals surface area contributed by atoms with E-state index in [4.69, 9.17) is 0 Å². The van der Waals surface area contributed by atoms with Gasteiger partial charge in [0.2, 0.25) is 0 Å². The molecule has 1 fully saturated rings. The Morgan fingerprint density at radius 2 is 2.11 bits per heavy atom. The highest BCUT2D eigenvalue weighted by molar-refractivity contribution is 4.83. The first-order chi connectivity index (χ1) is 4.24. The summed E-state index contributed by atoms with van der Waals surface area (Å²) in [5.74, 6) is 0.819. The van der Waals surface area contributed by atoms with Gasteiger partial charge >= 0.3 is 0 Å². The average Bonchev–Trinajstić information content (AvgIpc) is 2.10. The number of hydrogen-bond acceptors (Lipinski definition) is 2. The lowest BCUT2D eigenvalue weighted by Crippen LogP contribution is -2.31. The topological polar surface area (TPSA) is 15.3 Å². The van der Waals surface area contributed by atoms with Crippen molar-refractivity contribution >= 4 is 0 Å². The van der Waals surface area contributed by atoms with Crippen molar-refractivity contribution < 1.29 is 0 Å². The molecule has 0 bridgehead atoms. The molecular formula is C7H16N2. The molecule has 1 aliphatic heterocycles. The molecule has 0 amide bonds. The summed E-state index contributed by atoms with van der Waals surface area (Å²) in [5.41, 5.74) is 0. The minimum atomic E-state index is 0.718. The lowest BCUT2D eigenvalue weighted by Gasteiger charge is -2.11. The van der Waals surface area contributed by atoms with Crippen molar-refractivity contribution in [2.24, 2.45) is 5.92 Å². The maximum Gasteiger partial charge on any atom is 0.0229 e. The number of nitrogens with one attached hydrogen (secondary N) is 1. The summed E-state index contributed by atoms with van der Waals surface area (Å²) in [4.78, 5) is 2.37. The molecule has 1 heterocycles. The molecule has 9 heavy (non-hydrogen) atoms. The van der Waals surface area contributed by atoms with Crippen molar-refractivity contribution in [3.8, 4) is 0 Å². The zero-order valence-corrected chi connectivity index (χ0v) is 6.52. The highest BCUT2D eigenvalue weighted by Crippen LogP contribution is 2.12. The molecule has 0 spiro atoms. The minimum Gasteiger partial charge on any atom is -0.315 e. The molecule has 0 aromatic rings. The van der Waals surface area contributed by atoms with Crippen LogP contribution in [0, 0.1) is 5.92 Å². The van der Waals surface area contributed by atoms with Crippen molar-refractivity contribution in [1.29, 1.82) is 0 Å². The molecule has 0 aliphatic carbocycles. The molecule has 2 atom stereocenters. The third-order valence-corrected chi connectivity index (χ3v) is 2.17. The number of nitrogens with zero attached hydrogens (tertiary/aromatic N) is 1. The molecule has 1 saturated heterocycles. The van der Waals surface area contributed by atoms with Crippen molar-refractivity contribution in [3.05, 3.63) is 0 Å². The fourth-order valence-electron chi connectivity index (χ4n) is 1.58. The van der Waals surface area contributed by atoms with Crippen molar-refractivity contribution in [1.82, 2.24) is 10.2 Å². The van der Waals surface area contributed by atoms with Crippen LogP contribution in [0.1, 0.15) is 6.92 Å². The van der Waals surface area contributed by atoms with E-state index in [9.17, 15) is 0 Å². The molecule has 0 aromatic carbocycles. The largest absolute Gasteiger partial charge is 0.315 e. The van der Waals surface area contributed by atoms with Crippen LogP contribution in [-0.4, -0.2) is 38.1 Å². The second-order valence-corrected chi connectivity index (χ2v) is 3.09. The van der Waals surface area contributed by atoms with Gasteiger partial charge in [-0.25, -0.2) is 0 Å². The molecule has 54 valence electrons. The standard InChI is InChI=1S/C7H16N2/c1-6-4-9(3)5-7(6)8-2/h6-8H,4-5H2,1-3H3/t6-,7-/m1/s1. The van der Waals surface area contributed by atoms with Gasteiger partial charge in [-0.15, -0.1) is 0 Å². The molecule has 0 radical (unpaired) electrons. The highest BCUT2D eigenvalue weighted by Gasteiger charge is 2.24. The van der Waals surface area contributed by atoms with Gasteiger partial charge in [0.25, 0.3) is 0 Å². The molecule has 1 N–H and O–H groups in total. The van der Waals surface area contributed by atoms with E-state index in [0.717, 1.165) is 12.0 Å². The van der Waals surface area contributed by atoms with Gasteiger partial charge in [-0.2, -0.15) is 0 Å². The fourth-order valence-corrected chi connectivity index (χ4v) is 1.58. The molecular weight excluding hydrogens is 112 g/mol. The van der Waals surface area contributed by atoms with Crippen LogP contribution in [0.2, 0.25) is 0 Å². The van der Waals surface area contributed by atoms with Crippen LogP contribution < -0.4 is 5.32 Å². The van der Waals surface area contributed by atoms with Gasteiger partial charge in [-0.05, 0) is 20.0 Å². The number of hydrogen-bond donors (Lipinski definition) is 1. The maximum atomic E-state index is 3.30. The Labute approximate surface area is 57.2 Å². The predicted molar refractivity (Wildman–Crippen MR) is 39.5 cm³/mol. The van der Waals surface area contributed by atoms with Gasteiger partial charge in [-0.1, -0.05) is 6.92 Å². The van der Waals surface area contributed by atoms with Crippen molar-refractivity contribution in [2.45, 2.75) is 13.0 Å². The maximum absolute atomic E-state index is 3.30. The predicted octanol–water partition coefficient (Wildman–Crippen LogP) is 0.156. The normalized spacial score (nSPS) is 37.7. The van der Waals surface area contributed by atoms with Crippen LogP contribution >= 0.6 is 0 Å². The SMILES string of the molecule is CN[C@@H]1CN(C)C[C@H]1C.